The SMILES string of the molecule is CC.CC.CCCCC(CC)CCC.CCCCCCCC(C)CC. The van der Waals surface area contributed by atoms with Gasteiger partial charge in [0.05, 0.1) is 0 Å². The maximum absolute atomic E-state index is 2.36. The van der Waals surface area contributed by atoms with E-state index >= 15 is 0 Å². The standard InChI is InChI=1S/C11H24.C10H22.2C2H6/c1-4-6-7-8-9-10-11(3)5-2;1-4-7-9-10(6-3)8-5-2;2*1-2/h11H,4-10H2,1-3H3;10H,4-9H2,1-3H3;2*1-2H3. The maximum atomic E-state index is 2.36. The summed E-state index contributed by atoms with van der Waals surface area (Å²) in [4.78, 5) is 0. The van der Waals surface area contributed by atoms with Crippen molar-refractivity contribution in [3.05, 3.63) is 0 Å². The van der Waals surface area contributed by atoms with E-state index < -0.39 is 0 Å². The molecule has 0 fully saturated rings. The van der Waals surface area contributed by atoms with Crippen LogP contribution in [-0.4, -0.2) is 0 Å². The molecule has 158 valence electrons. The molecular weight excluding hydrogens is 300 g/mol. The zero-order valence-electron chi connectivity index (χ0n) is 20.3. The summed E-state index contributed by atoms with van der Waals surface area (Å²) in [5.74, 6) is 1.97. The number of hydrogen-bond donors (Lipinski definition) is 0. The van der Waals surface area contributed by atoms with Crippen molar-refractivity contribution in [2.24, 2.45) is 11.8 Å². The summed E-state index contributed by atoms with van der Waals surface area (Å²) in [7, 11) is 0. The molecule has 0 aliphatic heterocycles. The van der Waals surface area contributed by atoms with Crippen LogP contribution in [0.4, 0.5) is 0 Å². The predicted octanol–water partition coefficient (Wildman–Crippen LogP) is 10.4. The first-order chi connectivity index (χ1) is 12.2. The van der Waals surface area contributed by atoms with Crippen LogP contribution in [0.15, 0.2) is 0 Å². The van der Waals surface area contributed by atoms with Gasteiger partial charge in [0.2, 0.25) is 0 Å². The van der Waals surface area contributed by atoms with E-state index in [9.17, 15) is 0 Å². The molecule has 0 N–H and O–H groups in total. The van der Waals surface area contributed by atoms with Gasteiger partial charge in [0, 0.05) is 0 Å². The van der Waals surface area contributed by atoms with Crippen molar-refractivity contribution in [1.29, 1.82) is 0 Å². The van der Waals surface area contributed by atoms with Crippen LogP contribution in [0.25, 0.3) is 0 Å². The van der Waals surface area contributed by atoms with Gasteiger partial charge in [-0.25, -0.2) is 0 Å². The first-order valence-electron chi connectivity index (χ1n) is 12.2. The minimum Gasteiger partial charge on any atom is -0.0683 e. The molecule has 0 rings (SSSR count). The highest BCUT2D eigenvalue weighted by Gasteiger charge is 2.02. The van der Waals surface area contributed by atoms with Crippen molar-refractivity contribution in [3.63, 3.8) is 0 Å². The fraction of sp³-hybridized carbons (Fsp3) is 1.00. The van der Waals surface area contributed by atoms with Crippen molar-refractivity contribution in [1.82, 2.24) is 0 Å². The lowest BCUT2D eigenvalue weighted by Gasteiger charge is -2.11. The lowest BCUT2D eigenvalue weighted by atomic mass is 9.95. The van der Waals surface area contributed by atoms with Gasteiger partial charge in [0.15, 0.2) is 0 Å². The van der Waals surface area contributed by atoms with Gasteiger partial charge >= 0.3 is 0 Å². The van der Waals surface area contributed by atoms with Crippen LogP contribution < -0.4 is 0 Å². The molecular formula is C25H58. The van der Waals surface area contributed by atoms with Gasteiger partial charge in [0.25, 0.3) is 0 Å². The van der Waals surface area contributed by atoms with Crippen molar-refractivity contribution in [2.45, 2.75) is 153 Å². The van der Waals surface area contributed by atoms with Gasteiger partial charge in [-0.1, -0.05) is 153 Å². The molecule has 0 bridgehead atoms. The third kappa shape index (κ3) is 35.9. The van der Waals surface area contributed by atoms with Crippen molar-refractivity contribution < 1.29 is 0 Å². The van der Waals surface area contributed by atoms with Gasteiger partial charge < -0.3 is 0 Å². The molecule has 0 saturated heterocycles. The summed E-state index contributed by atoms with van der Waals surface area (Å²) in [5.41, 5.74) is 0. The van der Waals surface area contributed by atoms with E-state index in [-0.39, 0.29) is 0 Å². The number of unbranched alkanes of at least 4 members (excludes halogenated alkanes) is 5. The first kappa shape index (κ1) is 32.7. The molecule has 0 aromatic carbocycles. The Morgan fingerprint density at radius 2 is 1.00 bits per heavy atom. The highest BCUT2D eigenvalue weighted by molar-refractivity contribution is 4.55. The molecule has 0 aromatic heterocycles. The molecule has 2 unspecified atom stereocenters. The van der Waals surface area contributed by atoms with Gasteiger partial charge in [-0.2, -0.15) is 0 Å². The molecule has 0 spiro atoms. The summed E-state index contributed by atoms with van der Waals surface area (Å²) in [5, 5.41) is 0. The maximum Gasteiger partial charge on any atom is -0.0417 e. The molecule has 0 radical (unpaired) electrons. The Morgan fingerprint density at radius 1 is 0.480 bits per heavy atom. The Balaban J connectivity index is -0.000000147. The Kier molecular flexibility index (Phi) is 45.9. The van der Waals surface area contributed by atoms with Gasteiger partial charge in [-0.05, 0) is 11.8 Å². The average Bonchev–Trinajstić information content (AvgIpc) is 2.68. The molecule has 0 aliphatic carbocycles. The molecule has 0 nitrogen and oxygen atoms in total. The van der Waals surface area contributed by atoms with E-state index in [0.717, 1.165) is 11.8 Å². The fourth-order valence-electron chi connectivity index (χ4n) is 2.75. The van der Waals surface area contributed by atoms with Crippen LogP contribution in [0.5, 0.6) is 0 Å². The van der Waals surface area contributed by atoms with Crippen molar-refractivity contribution >= 4 is 0 Å². The summed E-state index contributed by atoms with van der Waals surface area (Å²) >= 11 is 0. The normalized spacial score (nSPS) is 11.8. The lowest BCUT2D eigenvalue weighted by molar-refractivity contribution is 0.417. The highest BCUT2D eigenvalue weighted by Crippen LogP contribution is 2.17. The smallest absolute Gasteiger partial charge is 0.0417 e. The summed E-state index contributed by atoms with van der Waals surface area (Å²) < 4.78 is 0. The minimum atomic E-state index is 0.955. The molecule has 0 heteroatoms. The van der Waals surface area contributed by atoms with Crippen LogP contribution in [-0.2, 0) is 0 Å². The van der Waals surface area contributed by atoms with Gasteiger partial charge in [0.1, 0.15) is 0 Å². The van der Waals surface area contributed by atoms with Crippen LogP contribution in [0.1, 0.15) is 153 Å². The van der Waals surface area contributed by atoms with E-state index in [1.165, 1.54) is 83.5 Å². The molecule has 25 heavy (non-hydrogen) atoms. The van der Waals surface area contributed by atoms with Crippen LogP contribution >= 0.6 is 0 Å². The third-order valence-electron chi connectivity index (χ3n) is 4.74. The quantitative estimate of drug-likeness (QED) is 0.287. The van der Waals surface area contributed by atoms with Crippen LogP contribution in [0.2, 0.25) is 0 Å². The monoisotopic (exact) mass is 358 g/mol. The summed E-state index contributed by atoms with van der Waals surface area (Å²) in [6.45, 7) is 21.8. The first-order valence-corrected chi connectivity index (χ1v) is 12.2. The molecule has 2 atom stereocenters. The lowest BCUT2D eigenvalue weighted by Crippen LogP contribution is -1.97. The largest absolute Gasteiger partial charge is 0.0683 e. The molecule has 0 heterocycles. The Hall–Kier alpha value is 0. The Morgan fingerprint density at radius 3 is 1.40 bits per heavy atom. The summed E-state index contributed by atoms with van der Waals surface area (Å²) in [6.07, 6.45) is 18.4. The second kappa shape index (κ2) is 35.2. The Labute approximate surface area is 165 Å². The van der Waals surface area contributed by atoms with E-state index in [1.807, 2.05) is 27.7 Å². The molecule has 0 saturated carbocycles. The number of rotatable bonds is 13. The van der Waals surface area contributed by atoms with Crippen molar-refractivity contribution in [3.8, 4) is 0 Å². The highest BCUT2D eigenvalue weighted by atomic mass is 14.1. The molecule has 0 amide bonds. The van der Waals surface area contributed by atoms with Crippen LogP contribution in [0, 0.1) is 11.8 Å². The summed E-state index contributed by atoms with van der Waals surface area (Å²) in [6, 6.07) is 0. The predicted molar refractivity (Wildman–Crippen MR) is 124 cm³/mol. The zero-order chi connectivity index (χ0) is 20.3. The third-order valence-corrected chi connectivity index (χ3v) is 4.74. The van der Waals surface area contributed by atoms with E-state index in [0.29, 0.717) is 0 Å². The van der Waals surface area contributed by atoms with Crippen molar-refractivity contribution in [2.75, 3.05) is 0 Å². The zero-order valence-corrected chi connectivity index (χ0v) is 20.3. The van der Waals surface area contributed by atoms with E-state index in [4.69, 9.17) is 0 Å². The second-order valence-electron chi connectivity index (χ2n) is 6.92. The molecule has 0 aliphatic rings. The fourth-order valence-corrected chi connectivity index (χ4v) is 2.75. The van der Waals surface area contributed by atoms with E-state index in [1.54, 1.807) is 0 Å². The second-order valence-corrected chi connectivity index (χ2v) is 6.92. The van der Waals surface area contributed by atoms with Gasteiger partial charge in [-0.15, -0.1) is 0 Å². The minimum absolute atomic E-state index is 0.955. The van der Waals surface area contributed by atoms with Gasteiger partial charge in [-0.3, -0.25) is 0 Å². The molecule has 0 aromatic rings. The van der Waals surface area contributed by atoms with Crippen LogP contribution in [0.3, 0.4) is 0 Å². The average molecular weight is 359 g/mol. The van der Waals surface area contributed by atoms with E-state index in [2.05, 4.69) is 41.5 Å². The topological polar surface area (TPSA) is 0 Å². The Bertz CT molecular complexity index is 161. The number of hydrogen-bond acceptors (Lipinski definition) is 0.